The number of hydrogen-bond donors (Lipinski definition) is 0. The third kappa shape index (κ3) is 1.59. The Morgan fingerprint density at radius 1 is 1.67 bits per heavy atom. The van der Waals surface area contributed by atoms with Crippen LogP contribution in [0.5, 0.6) is 0 Å². The molecule has 0 unspecified atom stereocenters. The van der Waals surface area contributed by atoms with E-state index >= 15 is 0 Å². The van der Waals surface area contributed by atoms with Crippen molar-refractivity contribution in [1.82, 2.24) is 4.98 Å². The predicted molar refractivity (Wildman–Crippen MR) is 52.9 cm³/mol. The second-order valence-corrected chi connectivity index (χ2v) is 2.45. The minimum absolute atomic E-state index is 0.858. The number of hydrogen-bond acceptors (Lipinski definition) is 2. The molecule has 62 valence electrons. The van der Waals surface area contributed by atoms with Crippen LogP contribution in [0.2, 0.25) is 0 Å². The molecule has 12 heavy (non-hydrogen) atoms. The molecule has 0 saturated carbocycles. The van der Waals surface area contributed by atoms with E-state index in [4.69, 9.17) is 0 Å². The highest BCUT2D eigenvalue weighted by Gasteiger charge is 1.98. The molecule has 0 saturated heterocycles. The molecule has 1 aromatic rings. The molecular formula is C10H12N2. The van der Waals surface area contributed by atoms with E-state index in [0.29, 0.717) is 0 Å². The molecule has 0 aliphatic rings. The summed E-state index contributed by atoms with van der Waals surface area (Å²) in [5, 5.41) is 0. The van der Waals surface area contributed by atoms with Crippen LogP contribution in [0.25, 0.3) is 6.08 Å². The molecule has 2 heteroatoms. The van der Waals surface area contributed by atoms with Crippen molar-refractivity contribution in [2.45, 2.75) is 13.3 Å². The first-order valence-corrected chi connectivity index (χ1v) is 3.90. The summed E-state index contributed by atoms with van der Waals surface area (Å²) >= 11 is 0. The largest absolute Gasteiger partial charge is 0.264 e. The van der Waals surface area contributed by atoms with Crippen LogP contribution in [0.15, 0.2) is 23.8 Å². The zero-order chi connectivity index (χ0) is 8.97. The molecule has 0 bridgehead atoms. The number of aryl methyl sites for hydroxylation is 1. The third-order valence-electron chi connectivity index (χ3n) is 1.72. The number of aromatic nitrogens is 1. The van der Waals surface area contributed by atoms with Gasteiger partial charge in [-0.25, -0.2) is 0 Å². The summed E-state index contributed by atoms with van der Waals surface area (Å²) in [7, 11) is 0. The summed E-state index contributed by atoms with van der Waals surface area (Å²) in [6.07, 6.45) is 4.42. The van der Waals surface area contributed by atoms with Gasteiger partial charge in [0, 0.05) is 17.5 Å². The van der Waals surface area contributed by atoms with Crippen molar-refractivity contribution in [2.24, 2.45) is 4.99 Å². The average molecular weight is 160 g/mol. The van der Waals surface area contributed by atoms with Gasteiger partial charge in [0.05, 0.1) is 5.69 Å². The lowest BCUT2D eigenvalue weighted by Gasteiger charge is -2.01. The van der Waals surface area contributed by atoms with E-state index in [1.54, 1.807) is 12.3 Å². The number of rotatable bonds is 3. The van der Waals surface area contributed by atoms with Crippen molar-refractivity contribution in [1.29, 1.82) is 0 Å². The molecule has 0 spiro atoms. The van der Waals surface area contributed by atoms with Crippen LogP contribution in [-0.4, -0.2) is 11.7 Å². The number of pyridine rings is 1. The topological polar surface area (TPSA) is 25.2 Å². The number of aliphatic imine (C=N–C) groups is 1. The normalized spacial score (nSPS) is 9.42. The van der Waals surface area contributed by atoms with E-state index in [1.165, 1.54) is 0 Å². The maximum atomic E-state index is 4.22. The summed E-state index contributed by atoms with van der Waals surface area (Å²) in [6.45, 7) is 9.21. The van der Waals surface area contributed by atoms with Gasteiger partial charge in [0.1, 0.15) is 0 Å². The van der Waals surface area contributed by atoms with Crippen molar-refractivity contribution in [3.05, 3.63) is 30.1 Å². The van der Waals surface area contributed by atoms with Crippen molar-refractivity contribution >= 4 is 18.5 Å². The van der Waals surface area contributed by atoms with Crippen LogP contribution in [0.3, 0.4) is 0 Å². The van der Waals surface area contributed by atoms with E-state index in [9.17, 15) is 0 Å². The van der Waals surface area contributed by atoms with E-state index in [0.717, 1.165) is 23.4 Å². The van der Waals surface area contributed by atoms with Gasteiger partial charge in [-0.15, -0.1) is 0 Å². The summed E-state index contributed by atoms with van der Waals surface area (Å²) in [5.74, 6) is 0. The van der Waals surface area contributed by atoms with Crippen molar-refractivity contribution < 1.29 is 0 Å². The Hall–Kier alpha value is -1.44. The van der Waals surface area contributed by atoms with Gasteiger partial charge in [-0.05, 0) is 19.2 Å². The first-order valence-electron chi connectivity index (χ1n) is 3.90. The summed E-state index contributed by atoms with van der Waals surface area (Å²) in [6, 6.07) is 1.93. The quantitative estimate of drug-likeness (QED) is 0.624. The van der Waals surface area contributed by atoms with Gasteiger partial charge in [0.15, 0.2) is 0 Å². The fraction of sp³-hybridized carbons (Fsp3) is 0.200. The van der Waals surface area contributed by atoms with Crippen LogP contribution >= 0.6 is 0 Å². The molecular weight excluding hydrogens is 148 g/mol. The van der Waals surface area contributed by atoms with Gasteiger partial charge in [-0.2, -0.15) is 0 Å². The van der Waals surface area contributed by atoms with Crippen LogP contribution < -0.4 is 0 Å². The Labute approximate surface area is 72.7 Å². The smallest absolute Gasteiger partial charge is 0.0728 e. The molecule has 0 N–H and O–H groups in total. The third-order valence-corrected chi connectivity index (χ3v) is 1.72. The molecule has 0 amide bonds. The second-order valence-electron chi connectivity index (χ2n) is 2.45. The number of nitrogens with zero attached hydrogens (tertiary/aromatic N) is 2. The van der Waals surface area contributed by atoms with Crippen molar-refractivity contribution in [3.8, 4) is 0 Å². The maximum absolute atomic E-state index is 4.22. The summed E-state index contributed by atoms with van der Waals surface area (Å²) in [4.78, 5) is 8.11. The summed E-state index contributed by atoms with van der Waals surface area (Å²) in [5.41, 5.74) is 2.82. The highest BCUT2D eigenvalue weighted by atomic mass is 14.7. The minimum atomic E-state index is 0.858. The standard InChI is InChI=1S/C10H12N2/c1-4-8-7-12-9(5-2)6-10(8)11-3/h4,6-7H,1,3,5H2,2H3. The van der Waals surface area contributed by atoms with E-state index in [1.807, 2.05) is 6.07 Å². The lowest BCUT2D eigenvalue weighted by Crippen LogP contribution is -1.87. The Balaban J connectivity index is 3.18. The Morgan fingerprint density at radius 3 is 2.92 bits per heavy atom. The molecule has 0 aromatic carbocycles. The van der Waals surface area contributed by atoms with Gasteiger partial charge < -0.3 is 0 Å². The fourth-order valence-electron chi connectivity index (χ4n) is 0.985. The fourth-order valence-corrected chi connectivity index (χ4v) is 0.985. The first-order chi connectivity index (χ1) is 5.81. The van der Waals surface area contributed by atoms with Crippen LogP contribution in [0.4, 0.5) is 5.69 Å². The van der Waals surface area contributed by atoms with Crippen molar-refractivity contribution in [3.63, 3.8) is 0 Å². The highest BCUT2D eigenvalue weighted by Crippen LogP contribution is 2.19. The Bertz CT molecular complexity index is 303. The van der Waals surface area contributed by atoms with E-state index in [2.05, 4.69) is 30.2 Å². The molecule has 1 rings (SSSR count). The minimum Gasteiger partial charge on any atom is -0.264 e. The predicted octanol–water partition coefficient (Wildman–Crippen LogP) is 2.62. The lowest BCUT2D eigenvalue weighted by molar-refractivity contribution is 1.03. The summed E-state index contributed by atoms with van der Waals surface area (Å²) < 4.78 is 0. The molecule has 0 fully saturated rings. The van der Waals surface area contributed by atoms with Crippen molar-refractivity contribution in [2.75, 3.05) is 0 Å². The molecule has 0 aliphatic carbocycles. The van der Waals surface area contributed by atoms with Gasteiger partial charge in [-0.3, -0.25) is 9.98 Å². The van der Waals surface area contributed by atoms with E-state index in [-0.39, 0.29) is 0 Å². The second kappa shape index (κ2) is 3.81. The van der Waals surface area contributed by atoms with E-state index < -0.39 is 0 Å². The lowest BCUT2D eigenvalue weighted by atomic mass is 10.2. The highest BCUT2D eigenvalue weighted by molar-refractivity contribution is 5.64. The van der Waals surface area contributed by atoms with Gasteiger partial charge >= 0.3 is 0 Å². The molecule has 0 atom stereocenters. The van der Waals surface area contributed by atoms with Gasteiger partial charge in [0.25, 0.3) is 0 Å². The molecule has 0 aliphatic heterocycles. The SMILES string of the molecule is C=Cc1cnc(CC)cc1N=C. The van der Waals surface area contributed by atoms with Crippen LogP contribution in [0.1, 0.15) is 18.2 Å². The molecule has 2 nitrogen and oxygen atoms in total. The molecule has 1 heterocycles. The van der Waals surface area contributed by atoms with Gasteiger partial charge in [-0.1, -0.05) is 19.6 Å². The van der Waals surface area contributed by atoms with Gasteiger partial charge in [0.2, 0.25) is 0 Å². The molecule has 1 aromatic heterocycles. The van der Waals surface area contributed by atoms with Crippen LogP contribution in [0, 0.1) is 0 Å². The zero-order valence-corrected chi connectivity index (χ0v) is 7.25. The maximum Gasteiger partial charge on any atom is 0.0728 e. The average Bonchev–Trinajstić information content (AvgIpc) is 2.16. The zero-order valence-electron chi connectivity index (χ0n) is 7.25. The Kier molecular flexibility index (Phi) is 2.75. The first kappa shape index (κ1) is 8.65. The molecule has 0 radical (unpaired) electrons. The van der Waals surface area contributed by atoms with Crippen LogP contribution in [-0.2, 0) is 6.42 Å². The monoisotopic (exact) mass is 160 g/mol. The Morgan fingerprint density at radius 2 is 2.42 bits per heavy atom.